The predicted octanol–water partition coefficient (Wildman–Crippen LogP) is 3.03. The average Bonchev–Trinajstić information content (AvgIpc) is 2.77. The van der Waals surface area contributed by atoms with Crippen molar-refractivity contribution in [2.24, 2.45) is 5.41 Å². The molecule has 0 saturated heterocycles. The Balaban J connectivity index is 1.82. The van der Waals surface area contributed by atoms with Crippen LogP contribution in [0.5, 0.6) is 0 Å². The summed E-state index contributed by atoms with van der Waals surface area (Å²) in [4.78, 5) is 0. The van der Waals surface area contributed by atoms with Gasteiger partial charge in [-0.3, -0.25) is 0 Å². The zero-order chi connectivity index (χ0) is 13.0. The van der Waals surface area contributed by atoms with Gasteiger partial charge in [0.15, 0.2) is 0 Å². The number of aliphatic hydroxyl groups excluding tert-OH is 1. The van der Waals surface area contributed by atoms with Gasteiger partial charge in [0.2, 0.25) is 0 Å². The highest BCUT2D eigenvalue weighted by molar-refractivity contribution is 5.19. The Morgan fingerprint density at radius 1 is 1.33 bits per heavy atom. The minimum Gasteiger partial charge on any atom is -0.387 e. The number of hydrogen-bond acceptors (Lipinski definition) is 2. The van der Waals surface area contributed by atoms with Gasteiger partial charge in [-0.15, -0.1) is 0 Å². The van der Waals surface area contributed by atoms with Crippen LogP contribution in [0.3, 0.4) is 0 Å². The second-order valence-electron chi connectivity index (χ2n) is 5.69. The fourth-order valence-corrected chi connectivity index (χ4v) is 2.77. The molecule has 1 fully saturated rings. The smallest absolute Gasteiger partial charge is 0.129 e. The minimum atomic E-state index is -0.767. The predicted molar refractivity (Wildman–Crippen MR) is 70.8 cm³/mol. The number of benzene rings is 1. The van der Waals surface area contributed by atoms with E-state index in [-0.39, 0.29) is 5.82 Å². The van der Waals surface area contributed by atoms with Crippen LogP contribution in [0, 0.1) is 11.2 Å². The molecule has 1 aliphatic carbocycles. The topological polar surface area (TPSA) is 32.3 Å². The lowest BCUT2D eigenvalue weighted by Crippen LogP contribution is -2.32. The molecule has 0 aromatic heterocycles. The highest BCUT2D eigenvalue weighted by Gasteiger charge is 2.28. The molecule has 1 aromatic rings. The summed E-state index contributed by atoms with van der Waals surface area (Å²) < 4.78 is 13.5. The maximum Gasteiger partial charge on any atom is 0.129 e. The molecule has 3 heteroatoms. The van der Waals surface area contributed by atoms with Crippen LogP contribution < -0.4 is 5.32 Å². The summed E-state index contributed by atoms with van der Waals surface area (Å²) in [6.45, 7) is 3.59. The quantitative estimate of drug-likeness (QED) is 0.843. The molecule has 1 aromatic carbocycles. The maximum absolute atomic E-state index is 13.5. The number of nitrogens with one attached hydrogen (secondary N) is 1. The van der Waals surface area contributed by atoms with Gasteiger partial charge in [-0.2, -0.15) is 0 Å². The Labute approximate surface area is 108 Å². The van der Waals surface area contributed by atoms with Crippen LogP contribution in [0.15, 0.2) is 24.3 Å². The first-order chi connectivity index (χ1) is 8.61. The summed E-state index contributed by atoms with van der Waals surface area (Å²) in [5.74, 6) is -0.334. The van der Waals surface area contributed by atoms with E-state index >= 15 is 0 Å². The van der Waals surface area contributed by atoms with Crippen molar-refractivity contribution in [2.45, 2.75) is 38.7 Å². The monoisotopic (exact) mass is 251 g/mol. The fraction of sp³-hybridized carbons (Fsp3) is 0.600. The highest BCUT2D eigenvalue weighted by atomic mass is 19.1. The van der Waals surface area contributed by atoms with Gasteiger partial charge in [-0.1, -0.05) is 38.0 Å². The van der Waals surface area contributed by atoms with Crippen LogP contribution in [0.1, 0.15) is 44.3 Å². The SMILES string of the molecule is CC1(CNCC(O)c2ccccc2F)CCCC1. The van der Waals surface area contributed by atoms with Crippen LogP contribution in [0.4, 0.5) is 4.39 Å². The number of rotatable bonds is 5. The molecule has 2 nitrogen and oxygen atoms in total. The molecular formula is C15H22FNO. The number of hydrogen-bond donors (Lipinski definition) is 2. The van der Waals surface area contributed by atoms with Crippen molar-refractivity contribution in [3.05, 3.63) is 35.6 Å². The van der Waals surface area contributed by atoms with Gasteiger partial charge in [0, 0.05) is 18.7 Å². The van der Waals surface area contributed by atoms with Crippen molar-refractivity contribution in [3.8, 4) is 0 Å². The molecule has 0 bridgehead atoms. The van der Waals surface area contributed by atoms with Gasteiger partial charge in [-0.25, -0.2) is 4.39 Å². The van der Waals surface area contributed by atoms with Crippen LogP contribution in [0.2, 0.25) is 0 Å². The molecule has 100 valence electrons. The van der Waals surface area contributed by atoms with Gasteiger partial charge < -0.3 is 10.4 Å². The largest absolute Gasteiger partial charge is 0.387 e. The van der Waals surface area contributed by atoms with E-state index in [2.05, 4.69) is 12.2 Å². The third-order valence-electron chi connectivity index (χ3n) is 3.96. The molecule has 2 N–H and O–H groups in total. The van der Waals surface area contributed by atoms with Gasteiger partial charge in [0.1, 0.15) is 5.82 Å². The molecule has 0 radical (unpaired) electrons. The third kappa shape index (κ3) is 3.30. The van der Waals surface area contributed by atoms with Crippen molar-refractivity contribution in [1.82, 2.24) is 5.32 Å². The molecule has 1 aliphatic rings. The molecule has 0 amide bonds. The second kappa shape index (κ2) is 5.81. The Kier molecular flexibility index (Phi) is 4.36. The highest BCUT2D eigenvalue weighted by Crippen LogP contribution is 2.36. The Morgan fingerprint density at radius 2 is 2.00 bits per heavy atom. The van der Waals surface area contributed by atoms with E-state index in [1.807, 2.05) is 0 Å². The van der Waals surface area contributed by atoms with Gasteiger partial charge in [0.05, 0.1) is 6.10 Å². The summed E-state index contributed by atoms with van der Waals surface area (Å²) in [7, 11) is 0. The zero-order valence-electron chi connectivity index (χ0n) is 11.0. The van der Waals surface area contributed by atoms with Crippen molar-refractivity contribution in [2.75, 3.05) is 13.1 Å². The van der Waals surface area contributed by atoms with Crippen molar-refractivity contribution in [3.63, 3.8) is 0 Å². The van der Waals surface area contributed by atoms with E-state index < -0.39 is 6.10 Å². The fourth-order valence-electron chi connectivity index (χ4n) is 2.77. The van der Waals surface area contributed by atoms with Crippen LogP contribution in [0.25, 0.3) is 0 Å². The van der Waals surface area contributed by atoms with Gasteiger partial charge in [-0.05, 0) is 24.3 Å². The maximum atomic E-state index is 13.5. The molecule has 0 aliphatic heterocycles. The molecule has 0 heterocycles. The first-order valence-electron chi connectivity index (χ1n) is 6.74. The Morgan fingerprint density at radius 3 is 2.67 bits per heavy atom. The van der Waals surface area contributed by atoms with Crippen LogP contribution >= 0.6 is 0 Å². The molecule has 18 heavy (non-hydrogen) atoms. The van der Waals surface area contributed by atoms with E-state index in [1.165, 1.54) is 31.7 Å². The number of halogens is 1. The first kappa shape index (κ1) is 13.5. The van der Waals surface area contributed by atoms with Crippen molar-refractivity contribution >= 4 is 0 Å². The summed E-state index contributed by atoms with van der Waals surface area (Å²) in [6.07, 6.45) is 4.32. The van der Waals surface area contributed by atoms with Crippen molar-refractivity contribution in [1.29, 1.82) is 0 Å². The lowest BCUT2D eigenvalue weighted by Gasteiger charge is -2.24. The standard InChI is InChI=1S/C15H22FNO/c1-15(8-4-5-9-15)11-17-10-14(18)12-6-2-3-7-13(12)16/h2-3,6-7,14,17-18H,4-5,8-11H2,1H3. The van der Waals surface area contributed by atoms with E-state index in [9.17, 15) is 9.50 Å². The number of aliphatic hydroxyl groups is 1. The van der Waals surface area contributed by atoms with Crippen LogP contribution in [-0.4, -0.2) is 18.2 Å². The Bertz CT molecular complexity index is 388. The second-order valence-corrected chi connectivity index (χ2v) is 5.69. The van der Waals surface area contributed by atoms with Crippen LogP contribution in [-0.2, 0) is 0 Å². The Hall–Kier alpha value is -0.930. The molecule has 1 saturated carbocycles. The van der Waals surface area contributed by atoms with Gasteiger partial charge in [0.25, 0.3) is 0 Å². The molecule has 2 rings (SSSR count). The molecule has 1 atom stereocenters. The normalized spacial score (nSPS) is 19.9. The zero-order valence-corrected chi connectivity index (χ0v) is 11.0. The van der Waals surface area contributed by atoms with E-state index in [4.69, 9.17) is 0 Å². The van der Waals surface area contributed by atoms with Gasteiger partial charge >= 0.3 is 0 Å². The van der Waals surface area contributed by atoms with E-state index in [0.717, 1.165) is 6.54 Å². The summed E-state index contributed by atoms with van der Waals surface area (Å²) >= 11 is 0. The minimum absolute atomic E-state index is 0.334. The summed E-state index contributed by atoms with van der Waals surface area (Å²) in [5.41, 5.74) is 0.733. The van der Waals surface area contributed by atoms with E-state index in [0.29, 0.717) is 17.5 Å². The first-order valence-corrected chi connectivity index (χ1v) is 6.74. The molecular weight excluding hydrogens is 229 g/mol. The average molecular weight is 251 g/mol. The lowest BCUT2D eigenvalue weighted by molar-refractivity contribution is 0.163. The lowest BCUT2D eigenvalue weighted by atomic mass is 9.89. The summed E-state index contributed by atoms with van der Waals surface area (Å²) in [5, 5.41) is 13.2. The van der Waals surface area contributed by atoms with Crippen molar-refractivity contribution < 1.29 is 9.50 Å². The third-order valence-corrected chi connectivity index (χ3v) is 3.96. The van der Waals surface area contributed by atoms with E-state index in [1.54, 1.807) is 18.2 Å². The summed E-state index contributed by atoms with van der Waals surface area (Å²) in [6, 6.07) is 6.41. The molecule has 1 unspecified atom stereocenters. The molecule has 0 spiro atoms.